The van der Waals surface area contributed by atoms with E-state index in [9.17, 15) is 9.59 Å². The van der Waals surface area contributed by atoms with Gasteiger partial charge in [0.25, 0.3) is 5.91 Å². The van der Waals surface area contributed by atoms with Gasteiger partial charge in [-0.2, -0.15) is 0 Å². The van der Waals surface area contributed by atoms with Gasteiger partial charge in [-0.05, 0) is 59.9 Å². The fraction of sp³-hybridized carbons (Fsp3) is 0.310. The predicted octanol–water partition coefficient (Wildman–Crippen LogP) is 6.20. The topological polar surface area (TPSA) is 58.6 Å². The summed E-state index contributed by atoms with van der Waals surface area (Å²) in [6, 6.07) is 21.9. The molecule has 0 aliphatic carbocycles. The molecule has 0 saturated carbocycles. The Morgan fingerprint density at radius 2 is 1.69 bits per heavy atom. The molecule has 3 aromatic carbocycles. The lowest BCUT2D eigenvalue weighted by molar-refractivity contribution is -0.142. The van der Waals surface area contributed by atoms with Crippen molar-refractivity contribution >= 4 is 39.3 Å². The second-order valence-corrected chi connectivity index (χ2v) is 10.5. The van der Waals surface area contributed by atoms with Crippen LogP contribution in [-0.4, -0.2) is 35.9 Å². The van der Waals surface area contributed by atoms with E-state index in [1.807, 2.05) is 81.4 Å². The lowest BCUT2D eigenvalue weighted by atomic mass is 10.0. The fourth-order valence-corrected chi connectivity index (χ4v) is 4.07. The first-order chi connectivity index (χ1) is 17.2. The lowest BCUT2D eigenvalue weighted by Gasteiger charge is -2.31. The molecule has 0 aliphatic heterocycles. The van der Waals surface area contributed by atoms with E-state index in [0.717, 1.165) is 21.2 Å². The summed E-state index contributed by atoms with van der Waals surface area (Å²) in [5.41, 5.74) is 2.86. The van der Waals surface area contributed by atoms with Gasteiger partial charge in [0.15, 0.2) is 6.61 Å². The SMILES string of the molecule is Cc1cc(OCC(=O)N(Cc2ccc(Cl)cc2)[C@@H](Cc2ccccc2)C(=O)NCC(C)C)ccc1Br. The van der Waals surface area contributed by atoms with Gasteiger partial charge in [0.1, 0.15) is 11.8 Å². The Kier molecular flexibility index (Phi) is 10.4. The van der Waals surface area contributed by atoms with Crippen LogP contribution in [0.4, 0.5) is 0 Å². The van der Waals surface area contributed by atoms with E-state index in [-0.39, 0.29) is 30.9 Å². The average Bonchev–Trinajstić information content (AvgIpc) is 2.87. The molecule has 0 spiro atoms. The summed E-state index contributed by atoms with van der Waals surface area (Å²) in [6.07, 6.45) is 0.390. The Morgan fingerprint density at radius 3 is 2.33 bits per heavy atom. The van der Waals surface area contributed by atoms with E-state index in [1.54, 1.807) is 17.0 Å². The first-order valence-electron chi connectivity index (χ1n) is 12.0. The van der Waals surface area contributed by atoms with Gasteiger partial charge >= 0.3 is 0 Å². The summed E-state index contributed by atoms with van der Waals surface area (Å²) < 4.78 is 6.82. The monoisotopic (exact) mass is 570 g/mol. The number of nitrogens with one attached hydrogen (secondary N) is 1. The number of aryl methyl sites for hydroxylation is 1. The maximum atomic E-state index is 13.6. The molecule has 3 aromatic rings. The van der Waals surface area contributed by atoms with Crippen molar-refractivity contribution in [3.8, 4) is 5.75 Å². The van der Waals surface area contributed by atoms with Crippen molar-refractivity contribution in [1.29, 1.82) is 0 Å². The van der Waals surface area contributed by atoms with Crippen molar-refractivity contribution in [2.24, 2.45) is 5.92 Å². The number of amides is 2. The predicted molar refractivity (Wildman–Crippen MR) is 148 cm³/mol. The van der Waals surface area contributed by atoms with E-state index in [4.69, 9.17) is 16.3 Å². The highest BCUT2D eigenvalue weighted by Crippen LogP contribution is 2.22. The molecule has 0 fully saturated rings. The van der Waals surface area contributed by atoms with Gasteiger partial charge < -0.3 is 15.0 Å². The summed E-state index contributed by atoms with van der Waals surface area (Å²) in [5, 5.41) is 3.63. The van der Waals surface area contributed by atoms with Crippen LogP contribution in [0.3, 0.4) is 0 Å². The molecule has 2 amide bonds. The van der Waals surface area contributed by atoms with Gasteiger partial charge in [0.2, 0.25) is 5.91 Å². The van der Waals surface area contributed by atoms with Crippen LogP contribution >= 0.6 is 27.5 Å². The van der Waals surface area contributed by atoms with Gasteiger partial charge in [-0.15, -0.1) is 0 Å². The molecule has 0 unspecified atom stereocenters. The van der Waals surface area contributed by atoms with E-state index in [0.29, 0.717) is 23.7 Å². The molecule has 0 radical (unpaired) electrons. The highest BCUT2D eigenvalue weighted by Gasteiger charge is 2.30. The normalized spacial score (nSPS) is 11.7. The van der Waals surface area contributed by atoms with Crippen LogP contribution in [0.5, 0.6) is 5.75 Å². The van der Waals surface area contributed by atoms with E-state index in [1.165, 1.54) is 0 Å². The number of carbonyl (C=O) groups is 2. The number of ether oxygens (including phenoxy) is 1. The van der Waals surface area contributed by atoms with E-state index < -0.39 is 6.04 Å². The largest absolute Gasteiger partial charge is 0.484 e. The summed E-state index contributed by atoms with van der Waals surface area (Å²) in [5.74, 6) is 0.426. The molecule has 5 nitrogen and oxygen atoms in total. The van der Waals surface area contributed by atoms with Crippen molar-refractivity contribution in [3.63, 3.8) is 0 Å². The Labute approximate surface area is 226 Å². The van der Waals surface area contributed by atoms with Crippen molar-refractivity contribution in [2.75, 3.05) is 13.2 Å². The number of halogens is 2. The zero-order valence-electron chi connectivity index (χ0n) is 20.8. The minimum atomic E-state index is -0.704. The van der Waals surface area contributed by atoms with Gasteiger partial charge in [-0.1, -0.05) is 83.8 Å². The zero-order chi connectivity index (χ0) is 26.1. The maximum Gasteiger partial charge on any atom is 0.261 e. The first-order valence-corrected chi connectivity index (χ1v) is 13.1. The standard InChI is InChI=1S/C29H32BrClN2O3/c1-20(2)17-32-29(35)27(16-22-7-5-4-6-8-22)33(18-23-9-11-24(31)12-10-23)28(34)19-36-25-13-14-26(30)21(3)15-25/h4-15,20,27H,16-19H2,1-3H3,(H,32,35)/t27-/m0/s1. The molecule has 1 atom stereocenters. The minimum Gasteiger partial charge on any atom is -0.484 e. The molecule has 1 N–H and O–H groups in total. The molecule has 7 heteroatoms. The molecular weight excluding hydrogens is 540 g/mol. The quantitative estimate of drug-likeness (QED) is 0.298. The van der Waals surface area contributed by atoms with Crippen molar-refractivity contribution in [1.82, 2.24) is 10.2 Å². The van der Waals surface area contributed by atoms with Gasteiger partial charge in [0, 0.05) is 29.0 Å². The smallest absolute Gasteiger partial charge is 0.261 e. The molecule has 0 bridgehead atoms. The van der Waals surface area contributed by atoms with E-state index in [2.05, 4.69) is 21.2 Å². The van der Waals surface area contributed by atoms with Crippen molar-refractivity contribution in [2.45, 2.75) is 39.8 Å². The van der Waals surface area contributed by atoms with Crippen molar-refractivity contribution < 1.29 is 14.3 Å². The number of hydrogen-bond acceptors (Lipinski definition) is 3. The van der Waals surface area contributed by atoms with Crippen LogP contribution in [-0.2, 0) is 22.6 Å². The third-order valence-corrected chi connectivity index (χ3v) is 6.86. The molecule has 190 valence electrons. The molecule has 36 heavy (non-hydrogen) atoms. The van der Waals surface area contributed by atoms with Crippen LogP contribution in [0, 0.1) is 12.8 Å². The molecule has 0 aromatic heterocycles. The minimum absolute atomic E-state index is 0.183. The number of benzene rings is 3. The Balaban J connectivity index is 1.89. The first kappa shape index (κ1) is 27.8. The second-order valence-electron chi connectivity index (χ2n) is 9.19. The van der Waals surface area contributed by atoms with Gasteiger partial charge in [-0.3, -0.25) is 9.59 Å². The van der Waals surface area contributed by atoms with E-state index >= 15 is 0 Å². The van der Waals surface area contributed by atoms with Crippen LogP contribution in [0.25, 0.3) is 0 Å². The Morgan fingerprint density at radius 1 is 1.00 bits per heavy atom. The second kappa shape index (κ2) is 13.5. The van der Waals surface area contributed by atoms with Gasteiger partial charge in [0.05, 0.1) is 0 Å². The number of nitrogens with zero attached hydrogens (tertiary/aromatic N) is 1. The van der Waals surface area contributed by atoms with Crippen molar-refractivity contribution in [3.05, 3.63) is 99.0 Å². The fourth-order valence-electron chi connectivity index (χ4n) is 3.70. The number of hydrogen-bond donors (Lipinski definition) is 1. The summed E-state index contributed by atoms with van der Waals surface area (Å²) in [4.78, 5) is 28.6. The molecular formula is C29H32BrClN2O3. The van der Waals surface area contributed by atoms with Crippen LogP contribution in [0.15, 0.2) is 77.3 Å². The zero-order valence-corrected chi connectivity index (χ0v) is 23.2. The van der Waals surface area contributed by atoms with Gasteiger partial charge in [-0.25, -0.2) is 0 Å². The highest BCUT2D eigenvalue weighted by atomic mass is 79.9. The van der Waals surface area contributed by atoms with Crippen LogP contribution in [0.2, 0.25) is 5.02 Å². The molecule has 0 heterocycles. The summed E-state index contributed by atoms with van der Waals surface area (Å²) >= 11 is 9.56. The van der Waals surface area contributed by atoms with Crippen LogP contribution in [0.1, 0.15) is 30.5 Å². The molecule has 0 aliphatic rings. The highest BCUT2D eigenvalue weighted by molar-refractivity contribution is 9.10. The third kappa shape index (κ3) is 8.38. The number of carbonyl (C=O) groups excluding carboxylic acids is 2. The summed E-state index contributed by atoms with van der Waals surface area (Å²) in [7, 11) is 0. The maximum absolute atomic E-state index is 13.6. The summed E-state index contributed by atoms with van der Waals surface area (Å²) in [6.45, 7) is 6.64. The van der Waals surface area contributed by atoms with Crippen LogP contribution < -0.4 is 10.1 Å². The lowest BCUT2D eigenvalue weighted by Crippen LogP contribution is -2.52. The number of rotatable bonds is 11. The Hall–Kier alpha value is -2.83. The third-order valence-electron chi connectivity index (χ3n) is 5.71. The Bertz CT molecular complexity index is 1150. The molecule has 3 rings (SSSR count). The average molecular weight is 572 g/mol. The molecule has 0 saturated heterocycles.